The van der Waals surface area contributed by atoms with E-state index in [2.05, 4.69) is 12.2 Å². The largest absolute Gasteiger partial charge is 0.480 e. The summed E-state index contributed by atoms with van der Waals surface area (Å²) in [5.74, 6) is -0.910. The Morgan fingerprint density at radius 3 is 1.95 bits per heavy atom. The minimum atomic E-state index is -0.931. The zero-order valence-electron chi connectivity index (χ0n) is 14.6. The minimum Gasteiger partial charge on any atom is -0.480 e. The van der Waals surface area contributed by atoms with Crippen molar-refractivity contribution in [3.8, 4) is 0 Å². The van der Waals surface area contributed by atoms with Gasteiger partial charge in [-0.2, -0.15) is 0 Å². The fourth-order valence-electron chi connectivity index (χ4n) is 1.83. The zero-order valence-corrected chi connectivity index (χ0v) is 14.6. The van der Waals surface area contributed by atoms with Gasteiger partial charge in [0.2, 0.25) is 0 Å². The molecule has 132 valence electrons. The van der Waals surface area contributed by atoms with E-state index in [1.54, 1.807) is 13.8 Å². The van der Waals surface area contributed by atoms with Crippen molar-refractivity contribution in [3.63, 3.8) is 0 Å². The Kier molecular flexibility index (Phi) is 19.2. The van der Waals surface area contributed by atoms with Gasteiger partial charge < -0.3 is 21.0 Å². The highest BCUT2D eigenvalue weighted by Gasteiger charge is 2.14. The van der Waals surface area contributed by atoms with Crippen molar-refractivity contribution in [2.24, 2.45) is 11.7 Å². The Labute approximate surface area is 136 Å². The van der Waals surface area contributed by atoms with E-state index in [1.807, 2.05) is 0 Å². The lowest BCUT2D eigenvalue weighted by Crippen LogP contribution is -2.34. The number of unbranched alkanes of at least 4 members (excludes halogenated alkanes) is 7. The third-order valence-corrected chi connectivity index (χ3v) is 3.44. The van der Waals surface area contributed by atoms with E-state index >= 15 is 0 Å². The summed E-state index contributed by atoms with van der Waals surface area (Å²) in [5.41, 5.74) is 5.16. The molecule has 4 N–H and O–H groups in total. The molecule has 0 radical (unpaired) electrons. The van der Waals surface area contributed by atoms with Gasteiger partial charge in [-0.15, -0.1) is 0 Å². The second-order valence-corrected chi connectivity index (χ2v) is 5.95. The molecule has 0 heterocycles. The van der Waals surface area contributed by atoms with E-state index in [0.717, 1.165) is 12.8 Å². The Morgan fingerprint density at radius 2 is 1.59 bits per heavy atom. The fraction of sp³-hybridized carbons (Fsp3) is 0.882. The summed E-state index contributed by atoms with van der Waals surface area (Å²) in [6.07, 6.45) is 11.7. The SMILES string of the molecule is CC(C)[C@H](N)C(=O)O.CCCCCCCCCCNCC=O. The molecule has 0 spiro atoms. The van der Waals surface area contributed by atoms with Crippen LogP contribution in [0.1, 0.15) is 72.1 Å². The molecule has 0 aliphatic heterocycles. The molecule has 0 aromatic carbocycles. The molecule has 0 aromatic heterocycles. The van der Waals surface area contributed by atoms with Crippen molar-refractivity contribution in [2.45, 2.75) is 78.2 Å². The summed E-state index contributed by atoms with van der Waals surface area (Å²) in [5, 5.41) is 11.3. The van der Waals surface area contributed by atoms with E-state index in [9.17, 15) is 9.59 Å². The van der Waals surface area contributed by atoms with Crippen LogP contribution >= 0.6 is 0 Å². The first kappa shape index (κ1) is 23.3. The first-order valence-electron chi connectivity index (χ1n) is 8.60. The maximum atomic E-state index is 10.0. The molecule has 0 fully saturated rings. The first-order chi connectivity index (χ1) is 10.5. The molecule has 0 aliphatic rings. The van der Waals surface area contributed by atoms with Crippen LogP contribution in [-0.2, 0) is 9.59 Å². The topological polar surface area (TPSA) is 92.4 Å². The van der Waals surface area contributed by atoms with Crippen LogP contribution in [0.3, 0.4) is 0 Å². The molecule has 22 heavy (non-hydrogen) atoms. The third kappa shape index (κ3) is 19.1. The predicted octanol–water partition coefficient (Wildman–Crippen LogP) is 2.97. The van der Waals surface area contributed by atoms with Crippen LogP contribution in [0.2, 0.25) is 0 Å². The van der Waals surface area contributed by atoms with Gasteiger partial charge in [0.05, 0.1) is 6.54 Å². The van der Waals surface area contributed by atoms with E-state index in [-0.39, 0.29) is 5.92 Å². The van der Waals surface area contributed by atoms with E-state index in [0.29, 0.717) is 6.54 Å². The third-order valence-electron chi connectivity index (χ3n) is 3.44. The Bertz CT molecular complexity index is 258. The van der Waals surface area contributed by atoms with Gasteiger partial charge in [0.1, 0.15) is 12.3 Å². The van der Waals surface area contributed by atoms with Crippen molar-refractivity contribution in [3.05, 3.63) is 0 Å². The van der Waals surface area contributed by atoms with E-state index in [1.165, 1.54) is 51.4 Å². The molecule has 5 heteroatoms. The molecular weight excluding hydrogens is 280 g/mol. The van der Waals surface area contributed by atoms with Crippen LogP contribution in [0.4, 0.5) is 0 Å². The van der Waals surface area contributed by atoms with Crippen LogP contribution in [0.25, 0.3) is 0 Å². The Morgan fingerprint density at radius 1 is 1.09 bits per heavy atom. The van der Waals surface area contributed by atoms with Gasteiger partial charge >= 0.3 is 5.97 Å². The molecular formula is C17H36N2O3. The highest BCUT2D eigenvalue weighted by Crippen LogP contribution is 2.07. The van der Waals surface area contributed by atoms with Crippen molar-refractivity contribution in [1.82, 2.24) is 5.32 Å². The van der Waals surface area contributed by atoms with Crippen molar-refractivity contribution < 1.29 is 14.7 Å². The first-order valence-corrected chi connectivity index (χ1v) is 8.60. The standard InChI is InChI=1S/C12H25NO.C5H11NO2/c1-2-3-4-5-6-7-8-9-10-13-11-12-14;1-3(2)4(6)5(7)8/h12-13H,2-11H2,1H3;3-4H,6H2,1-2H3,(H,7,8)/t;4-/m.0/s1. The average molecular weight is 316 g/mol. The van der Waals surface area contributed by atoms with Gasteiger partial charge in [0, 0.05) is 0 Å². The second-order valence-electron chi connectivity index (χ2n) is 5.95. The van der Waals surface area contributed by atoms with Gasteiger partial charge in [-0.05, 0) is 18.9 Å². The number of carbonyl (C=O) groups excluding carboxylic acids is 1. The maximum absolute atomic E-state index is 10.0. The molecule has 0 amide bonds. The number of carboxylic acids is 1. The van der Waals surface area contributed by atoms with Crippen LogP contribution in [0.15, 0.2) is 0 Å². The lowest BCUT2D eigenvalue weighted by atomic mass is 10.1. The number of rotatable bonds is 13. The smallest absolute Gasteiger partial charge is 0.320 e. The molecule has 0 bridgehead atoms. The van der Waals surface area contributed by atoms with Gasteiger partial charge in [0.15, 0.2) is 0 Å². The molecule has 5 nitrogen and oxygen atoms in total. The number of carboxylic acid groups (broad SMARTS) is 1. The minimum absolute atomic E-state index is 0.0208. The van der Waals surface area contributed by atoms with Crippen molar-refractivity contribution in [2.75, 3.05) is 13.1 Å². The van der Waals surface area contributed by atoms with Crippen LogP contribution in [0.5, 0.6) is 0 Å². The number of aldehydes is 1. The molecule has 0 unspecified atom stereocenters. The van der Waals surface area contributed by atoms with Gasteiger partial charge in [-0.25, -0.2) is 0 Å². The highest BCUT2D eigenvalue weighted by atomic mass is 16.4. The van der Waals surface area contributed by atoms with E-state index in [4.69, 9.17) is 10.8 Å². The number of hydrogen-bond donors (Lipinski definition) is 3. The van der Waals surface area contributed by atoms with Gasteiger partial charge in [-0.3, -0.25) is 4.79 Å². The summed E-state index contributed by atoms with van der Waals surface area (Å²) in [4.78, 5) is 20.0. The quantitative estimate of drug-likeness (QED) is 0.359. The summed E-state index contributed by atoms with van der Waals surface area (Å²) in [7, 11) is 0. The summed E-state index contributed by atoms with van der Waals surface area (Å²) in [6.45, 7) is 7.31. The molecule has 1 atom stereocenters. The summed E-state index contributed by atoms with van der Waals surface area (Å²) in [6, 6.07) is -0.713. The number of carbonyl (C=O) groups is 2. The molecule has 0 aromatic rings. The average Bonchev–Trinajstić information content (AvgIpc) is 2.49. The Hall–Kier alpha value is -0.940. The predicted molar refractivity (Wildman–Crippen MR) is 92.0 cm³/mol. The van der Waals surface area contributed by atoms with Crippen molar-refractivity contribution in [1.29, 1.82) is 0 Å². The zero-order chi connectivity index (χ0) is 17.2. The molecule has 0 aliphatic carbocycles. The lowest BCUT2D eigenvalue weighted by molar-refractivity contribution is -0.139. The highest BCUT2D eigenvalue weighted by molar-refractivity contribution is 5.73. The number of nitrogens with two attached hydrogens (primary N) is 1. The monoisotopic (exact) mass is 316 g/mol. The molecule has 0 saturated carbocycles. The number of hydrogen-bond acceptors (Lipinski definition) is 4. The lowest BCUT2D eigenvalue weighted by Gasteiger charge is -2.07. The summed E-state index contributed by atoms with van der Waals surface area (Å²) < 4.78 is 0. The molecule has 0 saturated heterocycles. The van der Waals surface area contributed by atoms with Gasteiger partial charge in [-0.1, -0.05) is 65.7 Å². The normalized spacial score (nSPS) is 11.7. The summed E-state index contributed by atoms with van der Waals surface area (Å²) >= 11 is 0. The van der Waals surface area contributed by atoms with Crippen LogP contribution in [0, 0.1) is 5.92 Å². The van der Waals surface area contributed by atoms with Crippen LogP contribution < -0.4 is 11.1 Å². The fourth-order valence-corrected chi connectivity index (χ4v) is 1.83. The van der Waals surface area contributed by atoms with Crippen molar-refractivity contribution >= 4 is 12.3 Å². The Balaban J connectivity index is 0. The van der Waals surface area contributed by atoms with Gasteiger partial charge in [0.25, 0.3) is 0 Å². The number of nitrogens with one attached hydrogen (secondary N) is 1. The second kappa shape index (κ2) is 18.1. The molecule has 0 rings (SSSR count). The van der Waals surface area contributed by atoms with Crippen LogP contribution in [-0.4, -0.2) is 36.5 Å². The number of aliphatic carboxylic acids is 1. The van der Waals surface area contributed by atoms with E-state index < -0.39 is 12.0 Å². The maximum Gasteiger partial charge on any atom is 0.320 e.